The van der Waals surface area contributed by atoms with E-state index >= 15 is 0 Å². The Kier molecular flexibility index (Phi) is 7.63. The van der Waals surface area contributed by atoms with Crippen LogP contribution in [-0.4, -0.2) is 42.7 Å². The Hall–Kier alpha value is -2.07. The van der Waals surface area contributed by atoms with E-state index in [1.54, 1.807) is 7.11 Å². The predicted octanol–water partition coefficient (Wildman–Crippen LogP) is 5.65. The lowest BCUT2D eigenvalue weighted by Crippen LogP contribution is -2.43. The lowest BCUT2D eigenvalue weighted by molar-refractivity contribution is 0.118. The van der Waals surface area contributed by atoms with E-state index in [1.807, 2.05) is 12.1 Å². The molecule has 30 heavy (non-hydrogen) atoms. The molecule has 2 fully saturated rings. The third-order valence-corrected chi connectivity index (χ3v) is 6.84. The van der Waals surface area contributed by atoms with Crippen molar-refractivity contribution in [1.82, 2.24) is 9.88 Å². The fourth-order valence-corrected chi connectivity index (χ4v) is 5.10. The van der Waals surface area contributed by atoms with Crippen LogP contribution in [0.1, 0.15) is 68.5 Å². The maximum absolute atomic E-state index is 5.23. The van der Waals surface area contributed by atoms with Gasteiger partial charge in [-0.15, -0.1) is 0 Å². The number of rotatable bonds is 8. The zero-order valence-electron chi connectivity index (χ0n) is 18.5. The number of likely N-dealkylation sites (tertiary alicyclic amines) is 1. The van der Waals surface area contributed by atoms with Gasteiger partial charge in [-0.25, -0.2) is 4.98 Å². The minimum atomic E-state index is 0.585. The molecule has 162 valence electrons. The topological polar surface area (TPSA) is 37.4 Å². The first-order valence-corrected chi connectivity index (χ1v) is 11.9. The van der Waals surface area contributed by atoms with Crippen LogP contribution in [0.5, 0.6) is 5.75 Å². The van der Waals surface area contributed by atoms with Crippen molar-refractivity contribution in [3.05, 3.63) is 53.7 Å². The molecule has 4 heteroatoms. The number of nitrogens with one attached hydrogen (secondary N) is 1. The summed E-state index contributed by atoms with van der Waals surface area (Å²) in [5.74, 6) is 2.53. The fourth-order valence-electron chi connectivity index (χ4n) is 5.10. The number of aryl methyl sites for hydroxylation is 1. The number of piperidine rings is 1. The van der Waals surface area contributed by atoms with Crippen LogP contribution in [0.4, 0.5) is 5.82 Å². The first kappa shape index (κ1) is 21.2. The van der Waals surface area contributed by atoms with E-state index in [0.717, 1.165) is 37.0 Å². The lowest BCUT2D eigenvalue weighted by atomic mass is 9.89. The average molecular weight is 408 g/mol. The van der Waals surface area contributed by atoms with E-state index in [-0.39, 0.29) is 0 Å². The zero-order valence-corrected chi connectivity index (χ0v) is 18.5. The van der Waals surface area contributed by atoms with Crippen LogP contribution in [0, 0.1) is 0 Å². The normalized spacial score (nSPS) is 20.8. The van der Waals surface area contributed by atoms with Gasteiger partial charge in [-0.3, -0.25) is 4.90 Å². The molecule has 0 amide bonds. The summed E-state index contributed by atoms with van der Waals surface area (Å²) in [5, 5.41) is 3.54. The Morgan fingerprint density at radius 1 is 1.00 bits per heavy atom. The van der Waals surface area contributed by atoms with Crippen molar-refractivity contribution < 1.29 is 4.74 Å². The van der Waals surface area contributed by atoms with E-state index < -0.39 is 0 Å². The molecule has 1 aromatic carbocycles. The van der Waals surface area contributed by atoms with Gasteiger partial charge in [0.15, 0.2) is 0 Å². The second-order valence-corrected chi connectivity index (χ2v) is 8.95. The molecule has 2 aliphatic rings. The molecule has 4 nitrogen and oxygen atoms in total. The molecule has 1 atom stereocenters. The first-order chi connectivity index (χ1) is 14.8. The third kappa shape index (κ3) is 5.75. The second kappa shape index (κ2) is 10.8. The highest BCUT2D eigenvalue weighted by Gasteiger charge is 2.28. The Morgan fingerprint density at radius 3 is 2.63 bits per heavy atom. The fraction of sp³-hybridized carbons (Fsp3) is 0.577. The molecule has 0 radical (unpaired) electrons. The van der Waals surface area contributed by atoms with E-state index in [2.05, 4.69) is 40.5 Å². The highest BCUT2D eigenvalue weighted by Crippen LogP contribution is 2.31. The number of methoxy groups -OCH3 is 1. The summed E-state index contributed by atoms with van der Waals surface area (Å²) in [6.45, 7) is 3.42. The van der Waals surface area contributed by atoms with Crippen LogP contribution in [0.15, 0.2) is 42.5 Å². The summed E-state index contributed by atoms with van der Waals surface area (Å²) < 4.78 is 5.23. The summed E-state index contributed by atoms with van der Waals surface area (Å²) in [4.78, 5) is 7.76. The highest BCUT2D eigenvalue weighted by molar-refractivity contribution is 5.36. The van der Waals surface area contributed by atoms with Crippen LogP contribution in [-0.2, 0) is 6.42 Å². The molecule has 1 saturated heterocycles. The van der Waals surface area contributed by atoms with Gasteiger partial charge < -0.3 is 10.1 Å². The van der Waals surface area contributed by atoms with Crippen molar-refractivity contribution in [3.63, 3.8) is 0 Å². The van der Waals surface area contributed by atoms with E-state index in [9.17, 15) is 0 Å². The maximum atomic E-state index is 5.23. The Morgan fingerprint density at radius 2 is 1.83 bits per heavy atom. The molecule has 4 rings (SSSR count). The summed E-state index contributed by atoms with van der Waals surface area (Å²) in [5.41, 5.74) is 2.62. The van der Waals surface area contributed by atoms with E-state index in [0.29, 0.717) is 5.92 Å². The highest BCUT2D eigenvalue weighted by atomic mass is 16.5. The van der Waals surface area contributed by atoms with Crippen molar-refractivity contribution in [2.75, 3.05) is 32.1 Å². The Bertz CT molecular complexity index is 770. The molecule has 1 saturated carbocycles. The van der Waals surface area contributed by atoms with Crippen molar-refractivity contribution >= 4 is 5.82 Å². The monoisotopic (exact) mass is 407 g/mol. The minimum absolute atomic E-state index is 0.585. The number of hydrogen-bond acceptors (Lipinski definition) is 4. The number of hydrogen-bond donors (Lipinski definition) is 1. The largest absolute Gasteiger partial charge is 0.497 e. The van der Waals surface area contributed by atoms with E-state index in [4.69, 9.17) is 9.72 Å². The SMILES string of the molecule is COc1ccc(CCCNc2cccc([C@@H]3CCCN(C4CCCCC4)C3)n2)cc1. The lowest BCUT2D eigenvalue weighted by Gasteiger charge is -2.40. The van der Waals surface area contributed by atoms with Crippen LogP contribution >= 0.6 is 0 Å². The number of pyridine rings is 1. The molecule has 1 aliphatic heterocycles. The molecule has 2 aromatic rings. The van der Waals surface area contributed by atoms with Crippen LogP contribution in [0.3, 0.4) is 0 Å². The zero-order chi connectivity index (χ0) is 20.6. The molecule has 1 aromatic heterocycles. The Balaban J connectivity index is 1.26. The number of nitrogens with zero attached hydrogens (tertiary/aromatic N) is 2. The molecule has 2 heterocycles. The maximum Gasteiger partial charge on any atom is 0.126 e. The third-order valence-electron chi connectivity index (χ3n) is 6.84. The summed E-state index contributed by atoms with van der Waals surface area (Å²) in [6, 6.07) is 15.7. The van der Waals surface area contributed by atoms with E-state index in [1.165, 1.54) is 69.3 Å². The van der Waals surface area contributed by atoms with Gasteiger partial charge in [-0.05, 0) is 74.9 Å². The minimum Gasteiger partial charge on any atom is -0.497 e. The average Bonchev–Trinajstić information content (AvgIpc) is 2.83. The van der Waals surface area contributed by atoms with Crippen molar-refractivity contribution in [2.45, 2.75) is 69.7 Å². The molecule has 0 spiro atoms. The van der Waals surface area contributed by atoms with Gasteiger partial charge >= 0.3 is 0 Å². The smallest absolute Gasteiger partial charge is 0.126 e. The molecule has 0 bridgehead atoms. The molecule has 1 N–H and O–H groups in total. The van der Waals surface area contributed by atoms with Crippen LogP contribution in [0.25, 0.3) is 0 Å². The molecular weight excluding hydrogens is 370 g/mol. The predicted molar refractivity (Wildman–Crippen MR) is 124 cm³/mol. The summed E-state index contributed by atoms with van der Waals surface area (Å²) in [6.07, 6.45) is 11.8. The molecule has 1 aliphatic carbocycles. The van der Waals surface area contributed by atoms with Crippen molar-refractivity contribution in [3.8, 4) is 5.75 Å². The quantitative estimate of drug-likeness (QED) is 0.574. The Labute approximate surface area is 182 Å². The van der Waals surface area contributed by atoms with Gasteiger partial charge in [0, 0.05) is 30.7 Å². The van der Waals surface area contributed by atoms with Crippen LogP contribution < -0.4 is 10.1 Å². The van der Waals surface area contributed by atoms with Gasteiger partial charge in [0.1, 0.15) is 11.6 Å². The van der Waals surface area contributed by atoms with Gasteiger partial charge in [0.05, 0.1) is 7.11 Å². The second-order valence-electron chi connectivity index (χ2n) is 8.95. The number of anilines is 1. The van der Waals surface area contributed by atoms with Gasteiger partial charge in [0.25, 0.3) is 0 Å². The van der Waals surface area contributed by atoms with Crippen molar-refractivity contribution in [2.24, 2.45) is 0 Å². The molecule has 0 unspecified atom stereocenters. The van der Waals surface area contributed by atoms with Crippen molar-refractivity contribution in [1.29, 1.82) is 0 Å². The first-order valence-electron chi connectivity index (χ1n) is 11.9. The number of ether oxygens (including phenoxy) is 1. The van der Waals surface area contributed by atoms with Gasteiger partial charge in [-0.1, -0.05) is 37.5 Å². The molecular formula is C26H37N3O. The van der Waals surface area contributed by atoms with Gasteiger partial charge in [-0.2, -0.15) is 0 Å². The summed E-state index contributed by atoms with van der Waals surface area (Å²) in [7, 11) is 1.71. The number of benzene rings is 1. The number of aromatic nitrogens is 1. The van der Waals surface area contributed by atoms with Gasteiger partial charge in [0.2, 0.25) is 0 Å². The van der Waals surface area contributed by atoms with Crippen LogP contribution in [0.2, 0.25) is 0 Å². The standard InChI is InChI=1S/C26H37N3O/c1-30-24-16-14-21(15-17-24)8-6-18-27-26-13-5-12-25(28-26)22-9-7-19-29(20-22)23-10-3-2-4-11-23/h5,12-17,22-23H,2-4,6-11,18-20H2,1H3,(H,27,28)/t22-/m1/s1. The summed E-state index contributed by atoms with van der Waals surface area (Å²) >= 11 is 0.